The van der Waals surface area contributed by atoms with E-state index in [9.17, 15) is 9.59 Å². The zero-order valence-electron chi connectivity index (χ0n) is 18.5. The zero-order chi connectivity index (χ0) is 24.1. The van der Waals surface area contributed by atoms with E-state index in [1.54, 1.807) is 18.2 Å². The van der Waals surface area contributed by atoms with Crippen LogP contribution in [-0.4, -0.2) is 34.5 Å². The molecular formula is C25H23ClN4O4. The number of rotatable bonds is 9. The number of carbonyl (C=O) groups excluding carboxylic acids is 2. The fraction of sp³-hybridized carbons (Fsp3) is 0.200. The van der Waals surface area contributed by atoms with E-state index in [1.807, 2.05) is 24.3 Å². The van der Waals surface area contributed by atoms with Gasteiger partial charge in [-0.25, -0.2) is 14.8 Å². The lowest BCUT2D eigenvalue weighted by atomic mass is 10.1. The lowest BCUT2D eigenvalue weighted by Gasteiger charge is -2.21. The van der Waals surface area contributed by atoms with Crippen LogP contribution < -0.4 is 15.4 Å². The van der Waals surface area contributed by atoms with Gasteiger partial charge in [-0.2, -0.15) is 0 Å². The quantitative estimate of drug-likeness (QED) is 0.442. The summed E-state index contributed by atoms with van der Waals surface area (Å²) in [6, 6.07) is 12.1. The predicted octanol–water partition coefficient (Wildman–Crippen LogP) is 4.27. The molecule has 9 heteroatoms. The highest BCUT2D eigenvalue weighted by Gasteiger charge is 2.47. The molecule has 2 aromatic carbocycles. The first-order chi connectivity index (χ1) is 16.4. The van der Waals surface area contributed by atoms with Crippen LogP contribution in [0.15, 0.2) is 73.5 Å². The first-order valence-electron chi connectivity index (χ1n) is 10.6. The Morgan fingerprint density at radius 1 is 1.09 bits per heavy atom. The minimum absolute atomic E-state index is 0.225. The number of nitrogens with zero attached hydrogens (tertiary/aromatic N) is 2. The minimum Gasteiger partial charge on any atom is -0.465 e. The van der Waals surface area contributed by atoms with Crippen LogP contribution in [0.25, 0.3) is 0 Å². The van der Waals surface area contributed by atoms with Crippen molar-refractivity contribution in [3.63, 3.8) is 0 Å². The highest BCUT2D eigenvalue weighted by Crippen LogP contribution is 2.40. The highest BCUT2D eigenvalue weighted by atomic mass is 35.5. The average Bonchev–Trinajstić information content (AvgIpc) is 3.65. The molecule has 0 atom stereocenters. The van der Waals surface area contributed by atoms with E-state index in [1.165, 1.54) is 25.8 Å². The number of esters is 1. The van der Waals surface area contributed by atoms with Crippen LogP contribution in [0, 0.1) is 0 Å². The van der Waals surface area contributed by atoms with Gasteiger partial charge in [0, 0.05) is 24.6 Å². The maximum atomic E-state index is 12.5. The highest BCUT2D eigenvalue weighted by molar-refractivity contribution is 6.32. The van der Waals surface area contributed by atoms with E-state index < -0.39 is 11.5 Å². The molecule has 1 aromatic heterocycles. The molecule has 1 amide bonds. The summed E-state index contributed by atoms with van der Waals surface area (Å²) in [4.78, 5) is 32.0. The van der Waals surface area contributed by atoms with Crippen LogP contribution in [0.3, 0.4) is 0 Å². The topological polar surface area (TPSA) is 102 Å². The second-order valence-electron chi connectivity index (χ2n) is 7.88. The smallest absolute Gasteiger partial charge is 0.337 e. The average molecular weight is 479 g/mol. The summed E-state index contributed by atoms with van der Waals surface area (Å²) in [5.74, 6) is 0.240. The van der Waals surface area contributed by atoms with Crippen molar-refractivity contribution in [3.8, 4) is 11.5 Å². The Kier molecular flexibility index (Phi) is 6.79. The molecule has 1 saturated carbocycles. The van der Waals surface area contributed by atoms with Gasteiger partial charge in [-0.3, -0.25) is 4.79 Å². The number of ether oxygens (including phenoxy) is 2. The number of carbonyl (C=O) groups is 2. The largest absolute Gasteiger partial charge is 0.465 e. The summed E-state index contributed by atoms with van der Waals surface area (Å²) in [6.07, 6.45) is 5.98. The van der Waals surface area contributed by atoms with Gasteiger partial charge in [-0.1, -0.05) is 30.3 Å². The molecule has 1 heterocycles. The molecule has 34 heavy (non-hydrogen) atoms. The minimum atomic E-state index is -0.468. The van der Waals surface area contributed by atoms with Crippen molar-refractivity contribution in [1.82, 2.24) is 20.6 Å². The number of hydrogen-bond acceptors (Lipinski definition) is 7. The number of benzene rings is 2. The van der Waals surface area contributed by atoms with Crippen LogP contribution in [0.2, 0.25) is 5.02 Å². The molecule has 0 aliphatic heterocycles. The summed E-state index contributed by atoms with van der Waals surface area (Å²) in [7, 11) is 1.32. The molecule has 0 bridgehead atoms. The van der Waals surface area contributed by atoms with Crippen molar-refractivity contribution in [3.05, 3.63) is 95.2 Å². The maximum absolute atomic E-state index is 12.5. The van der Waals surface area contributed by atoms with E-state index in [4.69, 9.17) is 21.1 Å². The lowest BCUT2D eigenvalue weighted by Crippen LogP contribution is -2.42. The van der Waals surface area contributed by atoms with E-state index in [0.29, 0.717) is 34.2 Å². The molecule has 8 nitrogen and oxygen atoms in total. The van der Waals surface area contributed by atoms with Gasteiger partial charge >= 0.3 is 5.97 Å². The monoisotopic (exact) mass is 478 g/mol. The van der Waals surface area contributed by atoms with Gasteiger partial charge in [-0.15, -0.1) is 0 Å². The van der Waals surface area contributed by atoms with Gasteiger partial charge < -0.3 is 20.1 Å². The second kappa shape index (κ2) is 9.93. The first-order valence-corrected chi connectivity index (χ1v) is 10.9. The summed E-state index contributed by atoms with van der Waals surface area (Å²) < 4.78 is 10.6. The standard InChI is InChI=1S/C25H23ClN4O4/c1-16(25(9-10-25)30-23(31)19-13-27-15-28-14-19)29-12-17-3-6-20(7-4-17)34-22-11-18(24(32)33-2)5-8-21(22)26/h3-8,11,13-15,29H,1,9-10,12H2,2H3,(H,30,31). The van der Waals surface area contributed by atoms with Crippen LogP contribution >= 0.6 is 11.6 Å². The Labute approximate surface area is 202 Å². The molecule has 2 N–H and O–H groups in total. The van der Waals surface area contributed by atoms with Crippen molar-refractivity contribution < 1.29 is 19.1 Å². The fourth-order valence-electron chi connectivity index (χ4n) is 3.34. The molecule has 4 rings (SSSR count). The van der Waals surface area contributed by atoms with Gasteiger partial charge in [0.15, 0.2) is 0 Å². The van der Waals surface area contributed by atoms with Gasteiger partial charge in [0.25, 0.3) is 5.91 Å². The molecule has 174 valence electrons. The van der Waals surface area contributed by atoms with E-state index in [-0.39, 0.29) is 5.91 Å². The van der Waals surface area contributed by atoms with Crippen LogP contribution in [-0.2, 0) is 11.3 Å². The van der Waals surface area contributed by atoms with Crippen molar-refractivity contribution in [2.75, 3.05) is 7.11 Å². The Hall–Kier alpha value is -3.91. The number of aromatic nitrogens is 2. The second-order valence-corrected chi connectivity index (χ2v) is 8.29. The number of halogens is 1. The van der Waals surface area contributed by atoms with Gasteiger partial charge in [0.1, 0.15) is 17.8 Å². The fourth-order valence-corrected chi connectivity index (χ4v) is 3.50. The lowest BCUT2D eigenvalue weighted by molar-refractivity contribution is 0.0600. The summed E-state index contributed by atoms with van der Waals surface area (Å²) >= 11 is 6.20. The van der Waals surface area contributed by atoms with Crippen molar-refractivity contribution in [2.45, 2.75) is 24.9 Å². The van der Waals surface area contributed by atoms with Crippen molar-refractivity contribution in [2.24, 2.45) is 0 Å². The molecule has 0 radical (unpaired) electrons. The number of nitrogens with one attached hydrogen (secondary N) is 2. The summed E-state index contributed by atoms with van der Waals surface area (Å²) in [5.41, 5.74) is 2.06. The number of hydrogen-bond donors (Lipinski definition) is 2. The predicted molar refractivity (Wildman–Crippen MR) is 127 cm³/mol. The molecule has 0 spiro atoms. The van der Waals surface area contributed by atoms with Crippen molar-refractivity contribution in [1.29, 1.82) is 0 Å². The normalized spacial score (nSPS) is 13.5. The third-order valence-electron chi connectivity index (χ3n) is 5.51. The Morgan fingerprint density at radius 3 is 2.44 bits per heavy atom. The Morgan fingerprint density at radius 2 is 1.79 bits per heavy atom. The number of amides is 1. The Balaban J connectivity index is 1.33. The van der Waals surface area contributed by atoms with Gasteiger partial charge in [-0.05, 0) is 48.7 Å². The molecule has 1 aliphatic carbocycles. The van der Waals surface area contributed by atoms with Crippen LogP contribution in [0.5, 0.6) is 11.5 Å². The third-order valence-corrected chi connectivity index (χ3v) is 5.82. The van der Waals surface area contributed by atoms with Gasteiger partial charge in [0.05, 0.1) is 28.8 Å². The molecule has 1 aliphatic rings. The SMILES string of the molecule is C=C(NCc1ccc(Oc2cc(C(=O)OC)ccc2Cl)cc1)C1(NC(=O)c2cncnc2)CC1. The maximum Gasteiger partial charge on any atom is 0.337 e. The summed E-state index contributed by atoms with van der Waals surface area (Å²) in [6.45, 7) is 4.66. The zero-order valence-corrected chi connectivity index (χ0v) is 19.3. The van der Waals surface area contributed by atoms with Crippen LogP contribution in [0.4, 0.5) is 0 Å². The molecule has 0 unspecified atom stereocenters. The molecule has 0 saturated heterocycles. The third kappa shape index (κ3) is 5.35. The first kappa shape index (κ1) is 23.3. The molecule has 3 aromatic rings. The molecule has 1 fully saturated rings. The molecular weight excluding hydrogens is 456 g/mol. The number of methoxy groups -OCH3 is 1. The van der Waals surface area contributed by atoms with E-state index >= 15 is 0 Å². The van der Waals surface area contributed by atoms with Gasteiger partial charge in [0.2, 0.25) is 0 Å². The van der Waals surface area contributed by atoms with Crippen LogP contribution in [0.1, 0.15) is 39.1 Å². The Bertz CT molecular complexity index is 1210. The van der Waals surface area contributed by atoms with E-state index in [2.05, 4.69) is 27.2 Å². The summed E-state index contributed by atoms with van der Waals surface area (Å²) in [5, 5.41) is 6.72. The van der Waals surface area contributed by atoms with E-state index in [0.717, 1.165) is 24.1 Å². The van der Waals surface area contributed by atoms with Crippen molar-refractivity contribution >= 4 is 23.5 Å².